The molecule has 1 aliphatic heterocycles. The van der Waals surface area contributed by atoms with Crippen LogP contribution >= 0.6 is 11.3 Å². The SMILES string of the molecule is CN(c1ccccc1)S(=O)(=O)c1ccc(C(=O)N2CCN(c3nc4cccnc4s3)CC2)cc1. The van der Waals surface area contributed by atoms with Crippen LogP contribution in [0.1, 0.15) is 10.4 Å². The lowest BCUT2D eigenvalue weighted by atomic mass is 10.2. The largest absolute Gasteiger partial charge is 0.344 e. The van der Waals surface area contributed by atoms with Crippen molar-refractivity contribution in [1.29, 1.82) is 0 Å². The van der Waals surface area contributed by atoms with E-state index in [1.165, 1.54) is 23.5 Å². The summed E-state index contributed by atoms with van der Waals surface area (Å²) in [6.45, 7) is 2.50. The van der Waals surface area contributed by atoms with Crippen molar-refractivity contribution in [3.63, 3.8) is 0 Å². The van der Waals surface area contributed by atoms with E-state index in [1.54, 1.807) is 58.8 Å². The third-order valence-corrected chi connectivity index (χ3v) is 8.71. The average molecular weight is 494 g/mol. The highest BCUT2D eigenvalue weighted by Crippen LogP contribution is 2.28. The summed E-state index contributed by atoms with van der Waals surface area (Å²) in [5, 5.41) is 0.915. The number of rotatable bonds is 5. The summed E-state index contributed by atoms with van der Waals surface area (Å²) in [5.41, 5.74) is 1.93. The van der Waals surface area contributed by atoms with Crippen molar-refractivity contribution < 1.29 is 13.2 Å². The fourth-order valence-corrected chi connectivity index (χ4v) is 6.04. The van der Waals surface area contributed by atoms with Crippen LogP contribution in [-0.2, 0) is 10.0 Å². The van der Waals surface area contributed by atoms with Gasteiger partial charge in [0.1, 0.15) is 10.3 Å². The quantitative estimate of drug-likeness (QED) is 0.423. The molecule has 0 bridgehead atoms. The first-order valence-electron chi connectivity index (χ1n) is 10.8. The number of fused-ring (bicyclic) bond motifs is 1. The number of anilines is 2. The summed E-state index contributed by atoms with van der Waals surface area (Å²) in [4.78, 5) is 27.0. The molecule has 1 aliphatic rings. The summed E-state index contributed by atoms with van der Waals surface area (Å²) in [7, 11) is -2.20. The smallest absolute Gasteiger partial charge is 0.264 e. The Morgan fingerprint density at radius 2 is 1.65 bits per heavy atom. The number of piperazine rings is 1. The Hall–Kier alpha value is -3.50. The lowest BCUT2D eigenvalue weighted by Gasteiger charge is -2.34. The summed E-state index contributed by atoms with van der Waals surface area (Å²) in [5.74, 6) is -0.106. The summed E-state index contributed by atoms with van der Waals surface area (Å²) in [6, 6.07) is 18.9. The van der Waals surface area contributed by atoms with Crippen molar-refractivity contribution in [3.8, 4) is 0 Å². The molecule has 174 valence electrons. The second kappa shape index (κ2) is 9.03. The Balaban J connectivity index is 1.25. The zero-order valence-electron chi connectivity index (χ0n) is 18.5. The van der Waals surface area contributed by atoms with E-state index in [2.05, 4.69) is 14.9 Å². The number of thiazole rings is 1. The number of nitrogens with zero attached hydrogens (tertiary/aromatic N) is 5. The topological polar surface area (TPSA) is 86.7 Å². The number of carbonyl (C=O) groups excluding carboxylic acids is 1. The highest BCUT2D eigenvalue weighted by Gasteiger charge is 2.25. The molecule has 3 heterocycles. The average Bonchev–Trinajstić information content (AvgIpc) is 3.33. The molecule has 5 rings (SSSR count). The predicted molar refractivity (Wildman–Crippen MR) is 134 cm³/mol. The molecular weight excluding hydrogens is 470 g/mol. The first-order chi connectivity index (χ1) is 16.4. The van der Waals surface area contributed by atoms with Crippen LogP contribution in [-0.4, -0.2) is 62.4 Å². The number of pyridine rings is 1. The monoisotopic (exact) mass is 493 g/mol. The Morgan fingerprint density at radius 1 is 0.941 bits per heavy atom. The van der Waals surface area contributed by atoms with Gasteiger partial charge in [-0.05, 0) is 48.5 Å². The molecule has 1 saturated heterocycles. The highest BCUT2D eigenvalue weighted by molar-refractivity contribution is 7.92. The van der Waals surface area contributed by atoms with Gasteiger partial charge in [0.2, 0.25) is 0 Å². The minimum Gasteiger partial charge on any atom is -0.344 e. The number of hydrogen-bond donors (Lipinski definition) is 0. The number of hydrogen-bond acceptors (Lipinski definition) is 7. The lowest BCUT2D eigenvalue weighted by molar-refractivity contribution is 0.0746. The molecule has 0 saturated carbocycles. The van der Waals surface area contributed by atoms with Gasteiger partial charge in [0.15, 0.2) is 5.13 Å². The summed E-state index contributed by atoms with van der Waals surface area (Å²) >= 11 is 1.55. The van der Waals surface area contributed by atoms with E-state index in [0.717, 1.165) is 15.5 Å². The van der Waals surface area contributed by atoms with Crippen LogP contribution in [0.4, 0.5) is 10.8 Å². The second-order valence-corrected chi connectivity index (χ2v) is 10.9. The van der Waals surface area contributed by atoms with Crippen molar-refractivity contribution in [2.45, 2.75) is 4.90 Å². The molecular formula is C24H23N5O3S2. The second-order valence-electron chi connectivity index (χ2n) is 7.94. The van der Waals surface area contributed by atoms with E-state index in [0.29, 0.717) is 37.4 Å². The molecule has 1 fully saturated rings. The fourth-order valence-electron chi connectivity index (χ4n) is 3.88. The van der Waals surface area contributed by atoms with E-state index in [4.69, 9.17) is 0 Å². The maximum atomic E-state index is 13.0. The third kappa shape index (κ3) is 4.22. The van der Waals surface area contributed by atoms with Gasteiger partial charge in [-0.2, -0.15) is 0 Å². The zero-order valence-corrected chi connectivity index (χ0v) is 20.2. The van der Waals surface area contributed by atoms with Crippen LogP contribution < -0.4 is 9.21 Å². The Kier molecular flexibility index (Phi) is 5.93. The number of aromatic nitrogens is 2. The van der Waals surface area contributed by atoms with E-state index >= 15 is 0 Å². The molecule has 10 heteroatoms. The summed E-state index contributed by atoms with van der Waals surface area (Å²) < 4.78 is 27.2. The zero-order chi connectivity index (χ0) is 23.7. The van der Waals surface area contributed by atoms with Gasteiger partial charge in [0.25, 0.3) is 15.9 Å². The molecule has 2 aromatic heterocycles. The predicted octanol–water partition coefficient (Wildman–Crippen LogP) is 3.48. The molecule has 0 N–H and O–H groups in total. The molecule has 0 atom stereocenters. The first kappa shape index (κ1) is 22.3. The Morgan fingerprint density at radius 3 is 2.32 bits per heavy atom. The van der Waals surface area contributed by atoms with Crippen LogP contribution in [0.15, 0.2) is 77.8 Å². The molecule has 0 aliphatic carbocycles. The van der Waals surface area contributed by atoms with Crippen molar-refractivity contribution in [2.75, 3.05) is 42.4 Å². The third-order valence-electron chi connectivity index (χ3n) is 5.87. The van der Waals surface area contributed by atoms with E-state index in [-0.39, 0.29) is 10.8 Å². The van der Waals surface area contributed by atoms with Crippen LogP contribution in [0.5, 0.6) is 0 Å². The molecule has 0 spiro atoms. The van der Waals surface area contributed by atoms with Gasteiger partial charge in [-0.25, -0.2) is 18.4 Å². The van der Waals surface area contributed by atoms with Crippen LogP contribution in [0, 0.1) is 0 Å². The molecule has 34 heavy (non-hydrogen) atoms. The molecule has 0 radical (unpaired) electrons. The van der Waals surface area contributed by atoms with Crippen molar-refractivity contribution in [1.82, 2.24) is 14.9 Å². The van der Waals surface area contributed by atoms with Crippen molar-refractivity contribution >= 4 is 48.4 Å². The Labute approximate surface area is 202 Å². The number of carbonyl (C=O) groups is 1. The van der Waals surface area contributed by atoms with Crippen LogP contribution in [0.2, 0.25) is 0 Å². The standard InChI is InChI=1S/C24H23N5O3S2/c1-27(19-6-3-2-4-7-19)34(31,32)20-11-9-18(10-12-20)23(30)28-14-16-29(17-15-28)24-26-21-8-5-13-25-22(21)33-24/h2-13H,14-17H2,1H3. The molecule has 8 nitrogen and oxygen atoms in total. The normalized spacial score (nSPS) is 14.4. The lowest BCUT2D eigenvalue weighted by Crippen LogP contribution is -2.48. The summed E-state index contributed by atoms with van der Waals surface area (Å²) in [6.07, 6.45) is 1.76. The van der Waals surface area contributed by atoms with Crippen LogP contribution in [0.25, 0.3) is 10.3 Å². The number of para-hydroxylation sites is 1. The highest BCUT2D eigenvalue weighted by atomic mass is 32.2. The minimum atomic E-state index is -3.72. The molecule has 2 aromatic carbocycles. The maximum absolute atomic E-state index is 13.0. The van der Waals surface area contributed by atoms with Gasteiger partial charge in [0.05, 0.1) is 10.6 Å². The molecule has 1 amide bonds. The van der Waals surface area contributed by atoms with Crippen molar-refractivity contribution in [2.24, 2.45) is 0 Å². The van der Waals surface area contributed by atoms with Gasteiger partial charge in [0, 0.05) is 45.0 Å². The number of amides is 1. The minimum absolute atomic E-state index is 0.106. The van der Waals surface area contributed by atoms with Gasteiger partial charge < -0.3 is 9.80 Å². The molecule has 4 aromatic rings. The molecule has 0 unspecified atom stereocenters. The van der Waals surface area contributed by atoms with Crippen LogP contribution in [0.3, 0.4) is 0 Å². The van der Waals surface area contributed by atoms with Gasteiger partial charge in [-0.3, -0.25) is 9.10 Å². The van der Waals surface area contributed by atoms with E-state index in [1.807, 2.05) is 18.2 Å². The Bertz CT molecular complexity index is 1380. The van der Waals surface area contributed by atoms with Crippen molar-refractivity contribution in [3.05, 3.63) is 78.5 Å². The maximum Gasteiger partial charge on any atom is 0.264 e. The fraction of sp³-hybridized carbons (Fsp3) is 0.208. The first-order valence-corrected chi connectivity index (χ1v) is 13.1. The van der Waals surface area contributed by atoms with Gasteiger partial charge in [-0.1, -0.05) is 29.5 Å². The van der Waals surface area contributed by atoms with E-state index in [9.17, 15) is 13.2 Å². The van der Waals surface area contributed by atoms with Gasteiger partial charge in [-0.15, -0.1) is 0 Å². The van der Waals surface area contributed by atoms with Gasteiger partial charge >= 0.3 is 0 Å². The van der Waals surface area contributed by atoms with E-state index < -0.39 is 10.0 Å². The number of benzene rings is 2. The number of sulfonamides is 1.